The molecule has 0 amide bonds. The third-order valence-electron chi connectivity index (χ3n) is 2.48. The number of halogens is 1. The first-order chi connectivity index (χ1) is 7.10. The van der Waals surface area contributed by atoms with Gasteiger partial charge < -0.3 is 0 Å². The Hall–Kier alpha value is -0.400. The lowest BCUT2D eigenvalue weighted by molar-refractivity contribution is 0.353. The van der Waals surface area contributed by atoms with E-state index in [1.54, 1.807) is 0 Å². The highest BCUT2D eigenvalue weighted by atomic mass is 79.9. The molecule has 0 unspecified atom stereocenters. The average molecular weight is 294 g/mol. The first kappa shape index (κ1) is 11.1. The van der Waals surface area contributed by atoms with Gasteiger partial charge in [0.25, 0.3) is 10.0 Å². The maximum atomic E-state index is 12.0. The minimum atomic E-state index is -3.35. The van der Waals surface area contributed by atoms with Gasteiger partial charge in [-0.15, -0.1) is 0 Å². The van der Waals surface area contributed by atoms with Crippen molar-refractivity contribution in [3.8, 4) is 0 Å². The van der Waals surface area contributed by atoms with Crippen LogP contribution < -0.4 is 0 Å². The molecule has 2 rings (SSSR count). The molecule has 15 heavy (non-hydrogen) atoms. The second-order valence-electron chi connectivity index (χ2n) is 3.50. The van der Waals surface area contributed by atoms with Gasteiger partial charge in [0.1, 0.15) is 0 Å². The molecular weight excluding hydrogens is 282 g/mol. The van der Waals surface area contributed by atoms with E-state index < -0.39 is 10.0 Å². The van der Waals surface area contributed by atoms with Crippen molar-refractivity contribution in [2.45, 2.75) is 22.7 Å². The fraction of sp³-hybridized carbons (Fsp3) is 0.625. The number of hydrogen-bond donors (Lipinski definition) is 1. The van der Waals surface area contributed by atoms with Crippen LogP contribution >= 0.6 is 15.9 Å². The summed E-state index contributed by atoms with van der Waals surface area (Å²) in [5.74, 6) is 0. The zero-order valence-corrected chi connectivity index (χ0v) is 10.5. The Morgan fingerprint density at radius 1 is 1.47 bits per heavy atom. The maximum Gasteiger partial charge on any atom is 0.259 e. The fourth-order valence-electron chi connectivity index (χ4n) is 1.59. The molecule has 84 valence electrons. The van der Waals surface area contributed by atoms with E-state index >= 15 is 0 Å². The number of nitrogens with one attached hydrogen (secondary N) is 1. The van der Waals surface area contributed by atoms with Crippen molar-refractivity contribution in [1.29, 1.82) is 0 Å². The molecule has 1 saturated heterocycles. The largest absolute Gasteiger partial charge is 0.266 e. The number of piperidine rings is 1. The van der Waals surface area contributed by atoms with E-state index in [9.17, 15) is 8.42 Å². The first-order valence-corrected chi connectivity index (χ1v) is 7.10. The van der Waals surface area contributed by atoms with E-state index in [-0.39, 0.29) is 5.03 Å². The van der Waals surface area contributed by atoms with Crippen LogP contribution in [0.4, 0.5) is 0 Å². The summed E-state index contributed by atoms with van der Waals surface area (Å²) >= 11 is 3.49. The van der Waals surface area contributed by atoms with Crippen LogP contribution in [-0.4, -0.2) is 40.8 Å². The highest BCUT2D eigenvalue weighted by Crippen LogP contribution is 2.22. The Kier molecular flexibility index (Phi) is 3.13. The summed E-state index contributed by atoms with van der Waals surface area (Å²) in [6.07, 6.45) is 3.16. The molecule has 0 saturated carbocycles. The number of alkyl halides is 1. The number of hydrogen-bond acceptors (Lipinski definition) is 3. The Morgan fingerprint density at radius 3 is 2.67 bits per heavy atom. The van der Waals surface area contributed by atoms with E-state index in [1.165, 1.54) is 16.6 Å². The van der Waals surface area contributed by atoms with Crippen LogP contribution in [0.1, 0.15) is 12.8 Å². The summed E-state index contributed by atoms with van der Waals surface area (Å²) in [5, 5.41) is 6.33. The van der Waals surface area contributed by atoms with Crippen molar-refractivity contribution < 1.29 is 8.42 Å². The fourth-order valence-corrected chi connectivity index (χ4v) is 3.37. The number of rotatable bonds is 2. The molecule has 1 fully saturated rings. The number of aromatic nitrogens is 2. The second-order valence-corrected chi connectivity index (χ2v) is 6.70. The highest BCUT2D eigenvalue weighted by molar-refractivity contribution is 9.09. The Bertz CT molecular complexity index is 409. The Balaban J connectivity index is 2.17. The predicted molar refractivity (Wildman–Crippen MR) is 59.3 cm³/mol. The smallest absolute Gasteiger partial charge is 0.259 e. The monoisotopic (exact) mass is 293 g/mol. The van der Waals surface area contributed by atoms with Crippen LogP contribution in [0.2, 0.25) is 0 Å². The summed E-state index contributed by atoms with van der Waals surface area (Å²) < 4.78 is 25.5. The molecule has 1 aliphatic rings. The standard InChI is InChI=1S/C8H12BrN3O2S/c9-7-2-5-12(6-3-7)15(13,14)8-1-4-10-11-8/h1,4,7H,2-3,5-6H2,(H,10,11). The SMILES string of the molecule is O=S(=O)(c1ccn[nH]1)N1CCC(Br)CC1. The van der Waals surface area contributed by atoms with Crippen LogP contribution in [0.3, 0.4) is 0 Å². The highest BCUT2D eigenvalue weighted by Gasteiger charge is 2.29. The van der Waals surface area contributed by atoms with Crippen LogP contribution in [0.5, 0.6) is 0 Å². The van der Waals surface area contributed by atoms with Crippen molar-refractivity contribution >= 4 is 26.0 Å². The van der Waals surface area contributed by atoms with Crippen molar-refractivity contribution in [1.82, 2.24) is 14.5 Å². The van der Waals surface area contributed by atoms with Gasteiger partial charge >= 0.3 is 0 Å². The minimum Gasteiger partial charge on any atom is -0.266 e. The van der Waals surface area contributed by atoms with Gasteiger partial charge in [-0.05, 0) is 18.9 Å². The van der Waals surface area contributed by atoms with Crippen LogP contribution in [-0.2, 0) is 10.0 Å². The minimum absolute atomic E-state index is 0.176. The maximum absolute atomic E-state index is 12.0. The van der Waals surface area contributed by atoms with E-state index in [1.807, 2.05) is 0 Å². The molecule has 0 spiro atoms. The molecule has 1 N–H and O–H groups in total. The van der Waals surface area contributed by atoms with Gasteiger partial charge in [-0.2, -0.15) is 9.40 Å². The molecular formula is C8H12BrN3O2S. The molecule has 0 bridgehead atoms. The van der Waals surface area contributed by atoms with E-state index in [2.05, 4.69) is 26.1 Å². The zero-order valence-electron chi connectivity index (χ0n) is 8.06. The van der Waals surface area contributed by atoms with Gasteiger partial charge in [0.15, 0.2) is 5.03 Å². The lowest BCUT2D eigenvalue weighted by atomic mass is 10.2. The van der Waals surface area contributed by atoms with Gasteiger partial charge in [0.05, 0.1) is 6.20 Å². The van der Waals surface area contributed by atoms with Crippen LogP contribution in [0.25, 0.3) is 0 Å². The second kappa shape index (κ2) is 4.23. The van der Waals surface area contributed by atoms with Gasteiger partial charge in [0, 0.05) is 17.9 Å². The van der Waals surface area contributed by atoms with Crippen molar-refractivity contribution in [2.75, 3.05) is 13.1 Å². The molecule has 1 aromatic heterocycles. The molecule has 5 nitrogen and oxygen atoms in total. The Morgan fingerprint density at radius 2 is 2.13 bits per heavy atom. The van der Waals surface area contributed by atoms with Gasteiger partial charge in [0.2, 0.25) is 0 Å². The van der Waals surface area contributed by atoms with Crippen LogP contribution in [0.15, 0.2) is 17.3 Å². The topological polar surface area (TPSA) is 66.1 Å². The number of nitrogens with zero attached hydrogens (tertiary/aromatic N) is 2. The van der Waals surface area contributed by atoms with E-state index in [0.29, 0.717) is 17.9 Å². The summed E-state index contributed by atoms with van der Waals surface area (Å²) in [6.45, 7) is 1.13. The lowest BCUT2D eigenvalue weighted by Gasteiger charge is -2.27. The summed E-state index contributed by atoms with van der Waals surface area (Å²) in [7, 11) is -3.35. The normalized spacial score (nSPS) is 20.6. The summed E-state index contributed by atoms with van der Waals surface area (Å²) in [5.41, 5.74) is 0. The molecule has 2 heterocycles. The first-order valence-electron chi connectivity index (χ1n) is 4.74. The average Bonchev–Trinajstić information content (AvgIpc) is 2.71. The number of H-pyrrole nitrogens is 1. The van der Waals surface area contributed by atoms with Crippen molar-refractivity contribution in [3.05, 3.63) is 12.3 Å². The zero-order chi connectivity index (χ0) is 10.9. The van der Waals surface area contributed by atoms with Gasteiger partial charge in [-0.25, -0.2) is 8.42 Å². The molecule has 0 aromatic carbocycles. The molecule has 0 atom stereocenters. The lowest BCUT2D eigenvalue weighted by Crippen LogP contribution is -2.38. The third kappa shape index (κ3) is 2.24. The van der Waals surface area contributed by atoms with Crippen LogP contribution in [0, 0.1) is 0 Å². The number of sulfonamides is 1. The predicted octanol–water partition coefficient (Wildman–Crippen LogP) is 0.958. The van der Waals surface area contributed by atoms with E-state index in [4.69, 9.17) is 0 Å². The van der Waals surface area contributed by atoms with Gasteiger partial charge in [-0.1, -0.05) is 15.9 Å². The molecule has 7 heteroatoms. The van der Waals surface area contributed by atoms with Crippen molar-refractivity contribution in [2.24, 2.45) is 0 Å². The Labute approximate surface area is 97.0 Å². The van der Waals surface area contributed by atoms with Crippen molar-refractivity contribution in [3.63, 3.8) is 0 Å². The van der Waals surface area contributed by atoms with E-state index in [0.717, 1.165) is 12.8 Å². The van der Waals surface area contributed by atoms with Gasteiger partial charge in [-0.3, -0.25) is 5.10 Å². The molecule has 0 aliphatic carbocycles. The molecule has 1 aliphatic heterocycles. The quantitative estimate of drug-likeness (QED) is 0.826. The number of aromatic amines is 1. The summed E-state index contributed by atoms with van der Waals surface area (Å²) in [4.78, 5) is 0.436. The molecule has 0 radical (unpaired) electrons. The third-order valence-corrected chi connectivity index (χ3v) is 5.22. The molecule has 1 aromatic rings. The summed E-state index contributed by atoms with van der Waals surface area (Å²) in [6, 6.07) is 1.48.